The van der Waals surface area contributed by atoms with Crippen LogP contribution in [0, 0.1) is 6.92 Å². The molecule has 0 bridgehead atoms. The Kier molecular flexibility index (Phi) is 3.92. The van der Waals surface area contributed by atoms with E-state index in [4.69, 9.17) is 0 Å². The molecule has 110 valence electrons. The smallest absolute Gasteiger partial charge is 0.0534 e. The topological polar surface area (TPSA) is 17.3 Å². The Morgan fingerprint density at radius 3 is 2.55 bits per heavy atom. The van der Waals surface area contributed by atoms with E-state index in [0.717, 1.165) is 0 Å². The number of allylic oxidation sites excluding steroid dienone is 2. The van der Waals surface area contributed by atoms with Crippen LogP contribution in [0.5, 0.6) is 0 Å². The molecule has 2 nitrogen and oxygen atoms in total. The minimum absolute atomic E-state index is 1.19. The van der Waals surface area contributed by atoms with Gasteiger partial charge >= 0.3 is 0 Å². The lowest BCUT2D eigenvalue weighted by Gasteiger charge is -2.08. The van der Waals surface area contributed by atoms with Crippen LogP contribution in [0.25, 0.3) is 22.2 Å². The number of fused-ring (bicyclic) bond motifs is 1. The normalized spacial score (nSPS) is 12.4. The number of rotatable bonds is 3. The lowest BCUT2D eigenvalue weighted by molar-refractivity contribution is 1.12. The summed E-state index contributed by atoms with van der Waals surface area (Å²) in [4.78, 5) is 4.02. The van der Waals surface area contributed by atoms with Crippen molar-refractivity contribution in [2.24, 2.45) is 4.99 Å². The molecular weight excluding hydrogens is 268 g/mol. The van der Waals surface area contributed by atoms with Crippen LogP contribution >= 0.6 is 0 Å². The molecule has 1 aromatic heterocycles. The van der Waals surface area contributed by atoms with Crippen LogP contribution in [0.4, 0.5) is 0 Å². The minimum atomic E-state index is 1.19. The third-order valence-electron chi connectivity index (χ3n) is 3.93. The monoisotopic (exact) mass is 288 g/mol. The number of aromatic nitrogens is 1. The Bertz CT molecular complexity index is 849. The highest BCUT2D eigenvalue weighted by Gasteiger charge is 2.05. The first-order valence-electron chi connectivity index (χ1n) is 7.46. The number of hydrogen-bond acceptors (Lipinski definition) is 1. The average Bonchev–Trinajstić information content (AvgIpc) is 2.96. The molecule has 0 unspecified atom stereocenters. The highest BCUT2D eigenvalue weighted by Crippen LogP contribution is 2.24. The fourth-order valence-corrected chi connectivity index (χ4v) is 2.59. The maximum absolute atomic E-state index is 4.02. The van der Waals surface area contributed by atoms with Crippen molar-refractivity contribution in [1.82, 2.24) is 4.57 Å². The lowest BCUT2D eigenvalue weighted by Crippen LogP contribution is -1.92. The van der Waals surface area contributed by atoms with Crippen molar-refractivity contribution >= 4 is 22.7 Å². The van der Waals surface area contributed by atoms with Gasteiger partial charge in [-0.15, -0.1) is 0 Å². The van der Waals surface area contributed by atoms with Crippen LogP contribution in [-0.4, -0.2) is 17.8 Å². The van der Waals surface area contributed by atoms with Gasteiger partial charge in [0.2, 0.25) is 0 Å². The Morgan fingerprint density at radius 1 is 1.05 bits per heavy atom. The molecule has 0 saturated heterocycles. The SMILES string of the molecule is CN=C/C=C(\C)c1ccc2ccn(-c3ccc(C)cc3)c2c1. The lowest BCUT2D eigenvalue weighted by atomic mass is 10.1. The zero-order chi connectivity index (χ0) is 15.5. The van der Waals surface area contributed by atoms with Gasteiger partial charge in [-0.3, -0.25) is 4.99 Å². The summed E-state index contributed by atoms with van der Waals surface area (Å²) in [6.07, 6.45) is 6.00. The molecule has 0 spiro atoms. The molecule has 0 fully saturated rings. The van der Waals surface area contributed by atoms with E-state index in [9.17, 15) is 0 Å². The molecule has 0 aliphatic carbocycles. The van der Waals surface area contributed by atoms with E-state index in [1.54, 1.807) is 7.05 Å². The van der Waals surface area contributed by atoms with E-state index in [1.807, 2.05) is 12.3 Å². The third kappa shape index (κ3) is 2.73. The van der Waals surface area contributed by atoms with Crippen LogP contribution < -0.4 is 0 Å². The summed E-state index contributed by atoms with van der Waals surface area (Å²) in [5.41, 5.74) is 6.12. The average molecular weight is 288 g/mol. The summed E-state index contributed by atoms with van der Waals surface area (Å²) in [5.74, 6) is 0. The number of aryl methyl sites for hydroxylation is 1. The van der Waals surface area contributed by atoms with Crippen LogP contribution in [0.1, 0.15) is 18.1 Å². The first kappa shape index (κ1) is 14.3. The predicted octanol–water partition coefficient (Wildman–Crippen LogP) is 5.04. The number of nitrogens with zero attached hydrogens (tertiary/aromatic N) is 2. The van der Waals surface area contributed by atoms with Gasteiger partial charge in [-0.2, -0.15) is 0 Å². The Balaban J connectivity index is 2.11. The number of hydrogen-bond donors (Lipinski definition) is 0. The Labute approximate surface area is 131 Å². The van der Waals surface area contributed by atoms with Gasteiger partial charge in [0.15, 0.2) is 0 Å². The molecule has 3 rings (SSSR count). The summed E-state index contributed by atoms with van der Waals surface area (Å²) < 4.78 is 2.24. The molecule has 22 heavy (non-hydrogen) atoms. The molecule has 0 radical (unpaired) electrons. The molecule has 1 heterocycles. The predicted molar refractivity (Wildman–Crippen MR) is 96.1 cm³/mol. The van der Waals surface area contributed by atoms with E-state index < -0.39 is 0 Å². The summed E-state index contributed by atoms with van der Waals surface area (Å²) >= 11 is 0. The molecule has 3 aromatic rings. The second kappa shape index (κ2) is 6.02. The van der Waals surface area contributed by atoms with Gasteiger partial charge in [0.05, 0.1) is 5.52 Å². The Hall–Kier alpha value is -2.61. The van der Waals surface area contributed by atoms with Crippen molar-refractivity contribution < 1.29 is 0 Å². The van der Waals surface area contributed by atoms with Gasteiger partial charge in [-0.25, -0.2) is 0 Å². The van der Waals surface area contributed by atoms with Crippen molar-refractivity contribution in [3.05, 3.63) is 71.9 Å². The van der Waals surface area contributed by atoms with Gasteiger partial charge in [0.1, 0.15) is 0 Å². The first-order chi connectivity index (χ1) is 10.7. The zero-order valence-electron chi connectivity index (χ0n) is 13.2. The van der Waals surface area contributed by atoms with Crippen LogP contribution in [0.15, 0.2) is 65.8 Å². The van der Waals surface area contributed by atoms with Crippen molar-refractivity contribution in [2.75, 3.05) is 7.05 Å². The summed E-state index contributed by atoms with van der Waals surface area (Å²) in [5, 5.41) is 1.25. The molecular formula is C20H20N2. The van der Waals surface area contributed by atoms with Gasteiger partial charge in [-0.05, 0) is 60.7 Å². The molecule has 0 saturated carbocycles. The second-order valence-corrected chi connectivity index (χ2v) is 5.55. The van der Waals surface area contributed by atoms with Crippen molar-refractivity contribution in [2.45, 2.75) is 13.8 Å². The van der Waals surface area contributed by atoms with E-state index in [1.165, 1.54) is 33.3 Å². The highest BCUT2D eigenvalue weighted by atomic mass is 15.0. The maximum Gasteiger partial charge on any atom is 0.0534 e. The largest absolute Gasteiger partial charge is 0.317 e. The van der Waals surface area contributed by atoms with Gasteiger partial charge < -0.3 is 4.57 Å². The van der Waals surface area contributed by atoms with Gasteiger partial charge in [0, 0.05) is 25.1 Å². The molecule has 0 aliphatic rings. The molecule has 2 aromatic carbocycles. The number of aliphatic imine (C=N–C) groups is 1. The summed E-state index contributed by atoms with van der Waals surface area (Å²) in [6, 6.07) is 17.4. The quantitative estimate of drug-likeness (QED) is 0.601. The molecule has 0 aliphatic heterocycles. The molecule has 0 atom stereocenters. The fraction of sp³-hybridized carbons (Fsp3) is 0.150. The van der Waals surface area contributed by atoms with Crippen LogP contribution in [-0.2, 0) is 0 Å². The first-order valence-corrected chi connectivity index (χ1v) is 7.46. The van der Waals surface area contributed by atoms with Gasteiger partial charge in [0.25, 0.3) is 0 Å². The highest BCUT2D eigenvalue weighted by molar-refractivity contribution is 5.89. The minimum Gasteiger partial charge on any atom is -0.317 e. The zero-order valence-corrected chi connectivity index (χ0v) is 13.2. The van der Waals surface area contributed by atoms with E-state index in [-0.39, 0.29) is 0 Å². The van der Waals surface area contributed by atoms with E-state index in [2.05, 4.69) is 78.1 Å². The standard InChI is InChI=1S/C20H20N2/c1-15-4-8-19(9-5-15)22-13-11-17-6-7-18(14-20(17)22)16(2)10-12-21-3/h4-14H,1-3H3/b16-10+,21-12?. The maximum atomic E-state index is 4.02. The molecule has 0 N–H and O–H groups in total. The second-order valence-electron chi connectivity index (χ2n) is 5.55. The third-order valence-corrected chi connectivity index (χ3v) is 3.93. The molecule has 2 heteroatoms. The van der Waals surface area contributed by atoms with E-state index in [0.29, 0.717) is 0 Å². The fourth-order valence-electron chi connectivity index (χ4n) is 2.59. The summed E-state index contributed by atoms with van der Waals surface area (Å²) in [6.45, 7) is 4.22. The summed E-state index contributed by atoms with van der Waals surface area (Å²) in [7, 11) is 1.79. The van der Waals surface area contributed by atoms with Crippen LogP contribution in [0.2, 0.25) is 0 Å². The number of benzene rings is 2. The van der Waals surface area contributed by atoms with E-state index >= 15 is 0 Å². The Morgan fingerprint density at radius 2 is 1.82 bits per heavy atom. The van der Waals surface area contributed by atoms with Crippen molar-refractivity contribution in [3.8, 4) is 5.69 Å². The van der Waals surface area contributed by atoms with Crippen LogP contribution in [0.3, 0.4) is 0 Å². The molecule has 0 amide bonds. The van der Waals surface area contributed by atoms with Gasteiger partial charge in [-0.1, -0.05) is 29.8 Å². The van der Waals surface area contributed by atoms with Crippen molar-refractivity contribution in [3.63, 3.8) is 0 Å². The van der Waals surface area contributed by atoms with Crippen molar-refractivity contribution in [1.29, 1.82) is 0 Å².